The van der Waals surface area contributed by atoms with Crippen LogP contribution in [-0.2, 0) is 6.54 Å². The van der Waals surface area contributed by atoms with E-state index in [4.69, 9.17) is 5.73 Å². The lowest BCUT2D eigenvalue weighted by Gasteiger charge is -2.08. The molecule has 0 unspecified atom stereocenters. The molecule has 0 fully saturated rings. The molecule has 5 heteroatoms. The van der Waals surface area contributed by atoms with E-state index in [0.29, 0.717) is 18.1 Å². The molecular formula is C16H14N4O. The number of benzene rings is 1. The van der Waals surface area contributed by atoms with Crippen molar-refractivity contribution in [2.75, 3.05) is 0 Å². The van der Waals surface area contributed by atoms with Crippen LogP contribution in [0, 0.1) is 0 Å². The molecule has 3 aromatic rings. The Hall–Kier alpha value is -2.79. The van der Waals surface area contributed by atoms with Gasteiger partial charge in [-0.15, -0.1) is 0 Å². The van der Waals surface area contributed by atoms with E-state index < -0.39 is 0 Å². The van der Waals surface area contributed by atoms with Crippen molar-refractivity contribution in [2.45, 2.75) is 6.54 Å². The fourth-order valence-electron chi connectivity index (χ4n) is 2.19. The molecule has 21 heavy (non-hydrogen) atoms. The van der Waals surface area contributed by atoms with Gasteiger partial charge in [-0.2, -0.15) is 0 Å². The fraction of sp³-hybridized carbons (Fsp3) is 0.0625. The van der Waals surface area contributed by atoms with Crippen LogP contribution in [-0.4, -0.2) is 15.0 Å². The van der Waals surface area contributed by atoms with Crippen molar-refractivity contribution in [3.05, 3.63) is 70.8 Å². The molecule has 0 saturated carbocycles. The summed E-state index contributed by atoms with van der Waals surface area (Å²) >= 11 is 0. The zero-order chi connectivity index (χ0) is 14.7. The first kappa shape index (κ1) is 13.2. The van der Waals surface area contributed by atoms with Crippen molar-refractivity contribution in [2.24, 2.45) is 5.73 Å². The molecule has 104 valence electrons. The first-order valence-corrected chi connectivity index (χ1v) is 6.58. The lowest BCUT2D eigenvalue weighted by molar-refractivity contribution is 1.05. The minimum Gasteiger partial charge on any atom is -0.326 e. The molecular weight excluding hydrogens is 264 g/mol. The standard InChI is InChI=1S/C16H14N4O/c17-10-12-3-1-2-4-13(12)16-19-14(9-15(21)20-16)11-5-7-18-8-6-11/h1-9H,10,17H2,(H,19,20,21). The van der Waals surface area contributed by atoms with Gasteiger partial charge in [0.05, 0.1) is 5.69 Å². The second-order valence-corrected chi connectivity index (χ2v) is 4.58. The van der Waals surface area contributed by atoms with E-state index in [1.165, 1.54) is 6.07 Å². The van der Waals surface area contributed by atoms with Gasteiger partial charge in [-0.25, -0.2) is 4.98 Å². The van der Waals surface area contributed by atoms with Crippen molar-refractivity contribution in [3.63, 3.8) is 0 Å². The summed E-state index contributed by atoms with van der Waals surface area (Å²) in [5, 5.41) is 0. The van der Waals surface area contributed by atoms with E-state index in [1.807, 2.05) is 36.4 Å². The summed E-state index contributed by atoms with van der Waals surface area (Å²) in [6, 6.07) is 12.8. The molecule has 0 radical (unpaired) electrons. The monoisotopic (exact) mass is 278 g/mol. The van der Waals surface area contributed by atoms with Gasteiger partial charge in [-0.05, 0) is 17.7 Å². The maximum absolute atomic E-state index is 11.9. The first-order chi connectivity index (χ1) is 10.3. The first-order valence-electron chi connectivity index (χ1n) is 6.58. The number of aromatic nitrogens is 3. The summed E-state index contributed by atoms with van der Waals surface area (Å²) in [6.45, 7) is 0.388. The Morgan fingerprint density at radius 2 is 1.86 bits per heavy atom. The van der Waals surface area contributed by atoms with Crippen molar-refractivity contribution >= 4 is 0 Å². The molecule has 0 saturated heterocycles. The minimum atomic E-state index is -0.196. The van der Waals surface area contributed by atoms with E-state index in [-0.39, 0.29) is 5.56 Å². The summed E-state index contributed by atoms with van der Waals surface area (Å²) in [5.74, 6) is 0.523. The van der Waals surface area contributed by atoms with Gasteiger partial charge < -0.3 is 10.7 Å². The van der Waals surface area contributed by atoms with Gasteiger partial charge in [-0.3, -0.25) is 9.78 Å². The summed E-state index contributed by atoms with van der Waals surface area (Å²) in [6.07, 6.45) is 3.34. The summed E-state index contributed by atoms with van der Waals surface area (Å²) in [7, 11) is 0. The lowest BCUT2D eigenvalue weighted by atomic mass is 10.1. The molecule has 0 aliphatic heterocycles. The normalized spacial score (nSPS) is 10.5. The molecule has 3 rings (SSSR count). The molecule has 5 nitrogen and oxygen atoms in total. The van der Waals surface area contributed by atoms with Crippen LogP contribution in [0.15, 0.2) is 59.7 Å². The molecule has 2 aromatic heterocycles. The number of hydrogen-bond donors (Lipinski definition) is 2. The maximum atomic E-state index is 11.9. The highest BCUT2D eigenvalue weighted by Gasteiger charge is 2.09. The number of rotatable bonds is 3. The Morgan fingerprint density at radius 3 is 2.62 bits per heavy atom. The summed E-state index contributed by atoms with van der Waals surface area (Å²) in [5.41, 5.74) is 8.79. The third-order valence-electron chi connectivity index (χ3n) is 3.21. The SMILES string of the molecule is NCc1ccccc1-c1nc(-c2ccncc2)cc(=O)[nH]1. The molecule has 0 atom stereocenters. The highest BCUT2D eigenvalue weighted by atomic mass is 16.1. The van der Waals surface area contributed by atoms with E-state index in [1.54, 1.807) is 12.4 Å². The Labute approximate surface area is 121 Å². The van der Waals surface area contributed by atoms with Gasteiger partial charge in [0, 0.05) is 36.1 Å². The van der Waals surface area contributed by atoms with Gasteiger partial charge in [0.25, 0.3) is 5.56 Å². The molecule has 1 aromatic carbocycles. The number of nitrogens with two attached hydrogens (primary N) is 1. The number of pyridine rings is 1. The van der Waals surface area contributed by atoms with Crippen LogP contribution < -0.4 is 11.3 Å². The second kappa shape index (κ2) is 5.68. The number of H-pyrrole nitrogens is 1. The lowest BCUT2D eigenvalue weighted by Crippen LogP contribution is -2.10. The topological polar surface area (TPSA) is 84.7 Å². The van der Waals surface area contributed by atoms with Crippen LogP contribution in [0.5, 0.6) is 0 Å². The largest absolute Gasteiger partial charge is 0.326 e. The number of nitrogens with one attached hydrogen (secondary N) is 1. The zero-order valence-electron chi connectivity index (χ0n) is 11.3. The molecule has 0 amide bonds. The van der Waals surface area contributed by atoms with Crippen molar-refractivity contribution < 1.29 is 0 Å². The third-order valence-corrected chi connectivity index (χ3v) is 3.21. The average molecular weight is 278 g/mol. The van der Waals surface area contributed by atoms with Gasteiger partial charge in [0.2, 0.25) is 0 Å². The summed E-state index contributed by atoms with van der Waals surface area (Å²) < 4.78 is 0. The average Bonchev–Trinajstić information content (AvgIpc) is 2.55. The van der Waals surface area contributed by atoms with E-state index >= 15 is 0 Å². The van der Waals surface area contributed by atoms with Crippen molar-refractivity contribution in [1.82, 2.24) is 15.0 Å². The quantitative estimate of drug-likeness (QED) is 0.767. The van der Waals surface area contributed by atoms with Crippen LogP contribution in [0.4, 0.5) is 0 Å². The predicted octanol–water partition coefficient (Wildman–Crippen LogP) is 1.96. The smallest absolute Gasteiger partial charge is 0.251 e. The highest BCUT2D eigenvalue weighted by Crippen LogP contribution is 2.21. The molecule has 0 bridgehead atoms. The number of hydrogen-bond acceptors (Lipinski definition) is 4. The van der Waals surface area contributed by atoms with Crippen LogP contribution in [0.3, 0.4) is 0 Å². The van der Waals surface area contributed by atoms with Crippen LogP contribution >= 0.6 is 0 Å². The van der Waals surface area contributed by atoms with Gasteiger partial charge in [0.15, 0.2) is 0 Å². The van der Waals surface area contributed by atoms with E-state index in [2.05, 4.69) is 15.0 Å². The summed E-state index contributed by atoms with van der Waals surface area (Å²) in [4.78, 5) is 23.2. The van der Waals surface area contributed by atoms with Crippen LogP contribution in [0.25, 0.3) is 22.6 Å². The van der Waals surface area contributed by atoms with Gasteiger partial charge >= 0.3 is 0 Å². The molecule has 0 aliphatic carbocycles. The minimum absolute atomic E-state index is 0.196. The second-order valence-electron chi connectivity index (χ2n) is 4.58. The number of aromatic amines is 1. The van der Waals surface area contributed by atoms with Crippen molar-refractivity contribution in [1.29, 1.82) is 0 Å². The molecule has 3 N–H and O–H groups in total. The molecule has 0 spiro atoms. The van der Waals surface area contributed by atoms with Gasteiger partial charge in [0.1, 0.15) is 5.82 Å². The Balaban J connectivity index is 2.17. The molecule has 0 aliphatic rings. The van der Waals surface area contributed by atoms with Crippen LogP contribution in [0.1, 0.15) is 5.56 Å². The van der Waals surface area contributed by atoms with Gasteiger partial charge in [-0.1, -0.05) is 24.3 Å². The van der Waals surface area contributed by atoms with Crippen molar-refractivity contribution in [3.8, 4) is 22.6 Å². The van der Waals surface area contributed by atoms with E-state index in [0.717, 1.165) is 16.7 Å². The Bertz CT molecular complexity index is 812. The van der Waals surface area contributed by atoms with E-state index in [9.17, 15) is 4.79 Å². The fourth-order valence-corrected chi connectivity index (χ4v) is 2.19. The third kappa shape index (κ3) is 2.73. The molecule has 2 heterocycles. The van der Waals surface area contributed by atoms with Crippen LogP contribution in [0.2, 0.25) is 0 Å². The zero-order valence-corrected chi connectivity index (χ0v) is 11.3. The maximum Gasteiger partial charge on any atom is 0.251 e. The number of nitrogens with zero attached hydrogens (tertiary/aromatic N) is 2. The predicted molar refractivity (Wildman–Crippen MR) is 81.4 cm³/mol. The Morgan fingerprint density at radius 1 is 1.10 bits per heavy atom. The Kier molecular flexibility index (Phi) is 3.57. The highest BCUT2D eigenvalue weighted by molar-refractivity contribution is 5.65.